The molecule has 39 heavy (non-hydrogen) atoms. The number of methoxy groups -OCH3 is 1. The van der Waals surface area contributed by atoms with Crippen molar-refractivity contribution in [3.05, 3.63) is 99.5 Å². The lowest BCUT2D eigenvalue weighted by Crippen LogP contribution is -2.52. The van der Waals surface area contributed by atoms with E-state index in [4.69, 9.17) is 27.9 Å². The number of rotatable bonds is 12. The zero-order valence-corrected chi connectivity index (χ0v) is 24.3. The van der Waals surface area contributed by atoms with Gasteiger partial charge >= 0.3 is 0 Å². The molecule has 1 atom stereocenters. The van der Waals surface area contributed by atoms with Gasteiger partial charge < -0.3 is 15.0 Å². The van der Waals surface area contributed by atoms with Crippen LogP contribution in [0.5, 0.6) is 5.75 Å². The second-order valence-corrected chi connectivity index (χ2v) is 12.0. The van der Waals surface area contributed by atoms with E-state index in [1.165, 1.54) is 11.9 Å². The van der Waals surface area contributed by atoms with Crippen LogP contribution in [-0.4, -0.2) is 62.4 Å². The number of nitrogens with one attached hydrogen (secondary N) is 1. The van der Waals surface area contributed by atoms with Crippen LogP contribution in [0, 0.1) is 0 Å². The second kappa shape index (κ2) is 13.8. The third-order valence-electron chi connectivity index (χ3n) is 6.18. The number of carbonyl (C=O) groups is 2. The lowest BCUT2D eigenvalue weighted by molar-refractivity contribution is -0.141. The summed E-state index contributed by atoms with van der Waals surface area (Å²) in [7, 11) is -0.748. The van der Waals surface area contributed by atoms with E-state index in [0.717, 1.165) is 21.7 Å². The third-order valence-corrected chi connectivity index (χ3v) is 8.02. The van der Waals surface area contributed by atoms with Gasteiger partial charge in [-0.15, -0.1) is 0 Å². The molecule has 1 unspecified atom stereocenters. The number of halogens is 2. The fourth-order valence-electron chi connectivity index (χ4n) is 3.85. The molecule has 0 saturated carbocycles. The third kappa shape index (κ3) is 8.96. The monoisotopic (exact) mass is 591 g/mol. The normalized spacial score (nSPS) is 12.2. The summed E-state index contributed by atoms with van der Waals surface area (Å²) in [5, 5.41) is 3.77. The zero-order valence-electron chi connectivity index (χ0n) is 21.9. The number of sulfonamides is 1. The average molecular weight is 593 g/mol. The van der Waals surface area contributed by atoms with E-state index in [0.29, 0.717) is 21.4 Å². The maximum Gasteiger partial charge on any atom is 0.243 e. The summed E-state index contributed by atoms with van der Waals surface area (Å²) < 4.78 is 30.3. The number of likely N-dealkylation sites (N-methyl/N-ethyl adjacent to an activating group) is 1. The maximum absolute atomic E-state index is 13.7. The zero-order chi connectivity index (χ0) is 28.6. The van der Waals surface area contributed by atoms with Crippen molar-refractivity contribution in [1.82, 2.24) is 14.5 Å². The van der Waals surface area contributed by atoms with E-state index in [1.807, 2.05) is 30.3 Å². The molecule has 0 heterocycles. The summed E-state index contributed by atoms with van der Waals surface area (Å²) in [4.78, 5) is 28.7. The Balaban J connectivity index is 1.96. The van der Waals surface area contributed by atoms with Crippen LogP contribution in [-0.2, 0) is 39.1 Å². The van der Waals surface area contributed by atoms with Crippen molar-refractivity contribution in [3.8, 4) is 5.75 Å². The van der Waals surface area contributed by atoms with Crippen molar-refractivity contribution in [2.75, 3.05) is 27.0 Å². The molecule has 3 rings (SSSR count). The van der Waals surface area contributed by atoms with Crippen LogP contribution < -0.4 is 10.1 Å². The highest BCUT2D eigenvalue weighted by atomic mass is 35.5. The first-order valence-corrected chi connectivity index (χ1v) is 14.7. The van der Waals surface area contributed by atoms with Crippen LogP contribution in [0.3, 0.4) is 0 Å². The Labute approximate surface area is 239 Å². The first kappa shape index (κ1) is 30.4. The Morgan fingerprint density at radius 1 is 0.974 bits per heavy atom. The van der Waals surface area contributed by atoms with Crippen molar-refractivity contribution in [1.29, 1.82) is 0 Å². The molecule has 11 heteroatoms. The molecule has 0 bridgehead atoms. The Kier molecular flexibility index (Phi) is 10.8. The fraction of sp³-hybridized carbons (Fsp3) is 0.286. The van der Waals surface area contributed by atoms with E-state index < -0.39 is 34.4 Å². The number of hydrogen-bond acceptors (Lipinski definition) is 5. The quantitative estimate of drug-likeness (QED) is 0.341. The maximum atomic E-state index is 13.7. The SMILES string of the molecule is COc1ccc(CN(C(=O)CN(C)S(C)(=O)=O)C(Cc2ccccc2)C(=O)NCc2ccc(Cl)cc2Cl)cc1. The average Bonchev–Trinajstić information content (AvgIpc) is 2.90. The van der Waals surface area contributed by atoms with Crippen molar-refractivity contribution in [2.24, 2.45) is 0 Å². The van der Waals surface area contributed by atoms with Crippen LogP contribution in [0.15, 0.2) is 72.8 Å². The van der Waals surface area contributed by atoms with Crippen molar-refractivity contribution in [3.63, 3.8) is 0 Å². The molecule has 2 amide bonds. The predicted octanol–water partition coefficient (Wildman–Crippen LogP) is 4.15. The van der Waals surface area contributed by atoms with Gasteiger partial charge in [0.1, 0.15) is 11.8 Å². The molecule has 0 fully saturated rings. The molecular weight excluding hydrogens is 561 g/mol. The molecule has 3 aromatic rings. The first-order valence-electron chi connectivity index (χ1n) is 12.1. The topological polar surface area (TPSA) is 96.0 Å². The number of nitrogens with zero attached hydrogens (tertiary/aromatic N) is 2. The van der Waals surface area contributed by atoms with Crippen LogP contribution in [0.2, 0.25) is 10.0 Å². The van der Waals surface area contributed by atoms with E-state index >= 15 is 0 Å². The minimum Gasteiger partial charge on any atom is -0.497 e. The van der Waals surface area contributed by atoms with E-state index in [1.54, 1.807) is 49.6 Å². The lowest BCUT2D eigenvalue weighted by atomic mass is 10.0. The van der Waals surface area contributed by atoms with Crippen LogP contribution in [0.25, 0.3) is 0 Å². The van der Waals surface area contributed by atoms with Crippen LogP contribution >= 0.6 is 23.2 Å². The smallest absolute Gasteiger partial charge is 0.243 e. The van der Waals surface area contributed by atoms with Gasteiger partial charge in [-0.3, -0.25) is 9.59 Å². The van der Waals surface area contributed by atoms with Gasteiger partial charge in [-0.25, -0.2) is 8.42 Å². The molecule has 0 spiro atoms. The highest BCUT2D eigenvalue weighted by molar-refractivity contribution is 7.88. The summed E-state index contributed by atoms with van der Waals surface area (Å²) in [5.74, 6) is -0.278. The molecule has 3 aromatic carbocycles. The van der Waals surface area contributed by atoms with Crippen molar-refractivity contribution >= 4 is 45.0 Å². The summed E-state index contributed by atoms with van der Waals surface area (Å²) in [6.07, 6.45) is 1.24. The van der Waals surface area contributed by atoms with E-state index in [2.05, 4.69) is 5.32 Å². The van der Waals surface area contributed by atoms with Gasteiger partial charge in [-0.1, -0.05) is 71.7 Å². The number of benzene rings is 3. The summed E-state index contributed by atoms with van der Waals surface area (Å²) >= 11 is 12.3. The molecule has 0 aliphatic heterocycles. The van der Waals surface area contributed by atoms with Crippen molar-refractivity contribution < 1.29 is 22.7 Å². The Morgan fingerprint density at radius 2 is 1.64 bits per heavy atom. The first-order chi connectivity index (χ1) is 18.5. The molecule has 208 valence electrons. The van der Waals surface area contributed by atoms with Gasteiger partial charge in [-0.2, -0.15) is 4.31 Å². The lowest BCUT2D eigenvalue weighted by Gasteiger charge is -2.32. The van der Waals surface area contributed by atoms with Gasteiger partial charge in [-0.05, 0) is 41.0 Å². The summed E-state index contributed by atoms with van der Waals surface area (Å²) in [6, 6.07) is 20.5. The van der Waals surface area contributed by atoms with Gasteiger partial charge in [0, 0.05) is 36.6 Å². The molecule has 0 radical (unpaired) electrons. The Hall–Kier alpha value is -3.11. The number of ether oxygens (including phenoxy) is 1. The van der Waals surface area contributed by atoms with Gasteiger partial charge in [0.2, 0.25) is 21.8 Å². The molecule has 0 aromatic heterocycles. The minimum absolute atomic E-state index is 0.0764. The highest BCUT2D eigenvalue weighted by Crippen LogP contribution is 2.22. The largest absolute Gasteiger partial charge is 0.497 e. The van der Waals surface area contributed by atoms with Crippen molar-refractivity contribution in [2.45, 2.75) is 25.6 Å². The molecule has 0 aliphatic rings. The van der Waals surface area contributed by atoms with Crippen LogP contribution in [0.1, 0.15) is 16.7 Å². The highest BCUT2D eigenvalue weighted by Gasteiger charge is 2.32. The van der Waals surface area contributed by atoms with E-state index in [-0.39, 0.29) is 19.5 Å². The fourth-order valence-corrected chi connectivity index (χ4v) is 4.67. The van der Waals surface area contributed by atoms with Gasteiger partial charge in [0.15, 0.2) is 0 Å². The predicted molar refractivity (Wildman–Crippen MR) is 153 cm³/mol. The molecule has 0 aliphatic carbocycles. The van der Waals surface area contributed by atoms with E-state index in [9.17, 15) is 18.0 Å². The Bertz CT molecular complexity index is 1390. The van der Waals surface area contributed by atoms with Crippen LogP contribution in [0.4, 0.5) is 0 Å². The van der Waals surface area contributed by atoms with Gasteiger partial charge in [0.05, 0.1) is 19.9 Å². The number of amides is 2. The number of carbonyl (C=O) groups excluding carboxylic acids is 2. The molecule has 1 N–H and O–H groups in total. The molecular formula is C28H31Cl2N3O5S. The minimum atomic E-state index is -3.63. The Morgan fingerprint density at radius 3 is 2.23 bits per heavy atom. The summed E-state index contributed by atoms with van der Waals surface area (Å²) in [5.41, 5.74) is 2.25. The standard InChI is InChI=1S/C28H31Cl2N3O5S/c1-32(39(3,36)37)19-27(34)33(18-21-9-13-24(38-2)14-10-21)26(15-20-7-5-4-6-8-20)28(35)31-17-22-11-12-23(29)16-25(22)30/h4-14,16,26H,15,17-19H2,1-3H3,(H,31,35). The van der Waals surface area contributed by atoms with Gasteiger partial charge in [0.25, 0.3) is 0 Å². The molecule has 0 saturated heterocycles. The molecule has 8 nitrogen and oxygen atoms in total. The number of hydrogen-bond donors (Lipinski definition) is 1. The second-order valence-electron chi connectivity index (χ2n) is 9.05. The summed E-state index contributed by atoms with van der Waals surface area (Å²) in [6.45, 7) is -0.225.